The van der Waals surface area contributed by atoms with E-state index in [9.17, 15) is 4.79 Å². The van der Waals surface area contributed by atoms with Gasteiger partial charge < -0.3 is 0 Å². The molecule has 0 saturated heterocycles. The van der Waals surface area contributed by atoms with Gasteiger partial charge in [-0.15, -0.1) is 10.2 Å². The lowest BCUT2D eigenvalue weighted by Crippen LogP contribution is -2.14. The van der Waals surface area contributed by atoms with Crippen molar-refractivity contribution in [2.75, 3.05) is 5.75 Å². The zero-order valence-corrected chi connectivity index (χ0v) is 13.7. The van der Waals surface area contributed by atoms with Crippen LogP contribution in [0.5, 0.6) is 0 Å². The summed E-state index contributed by atoms with van der Waals surface area (Å²) in [6.45, 7) is 5.96. The number of para-hydroxylation sites is 1. The third-order valence-electron chi connectivity index (χ3n) is 3.50. The third-order valence-corrected chi connectivity index (χ3v) is 5.46. The van der Waals surface area contributed by atoms with Crippen LogP contribution < -0.4 is 0 Å². The van der Waals surface area contributed by atoms with Crippen LogP contribution in [0.2, 0.25) is 0 Å². The van der Waals surface area contributed by atoms with Gasteiger partial charge in [-0.25, -0.2) is 0 Å². The first-order chi connectivity index (χ1) is 10.1. The molecule has 0 aliphatic heterocycles. The molecule has 4 nitrogen and oxygen atoms in total. The molecule has 108 valence electrons. The van der Waals surface area contributed by atoms with E-state index in [1.54, 1.807) is 0 Å². The van der Waals surface area contributed by atoms with Crippen molar-refractivity contribution in [1.82, 2.24) is 14.8 Å². The Balaban J connectivity index is 1.89. The van der Waals surface area contributed by atoms with Crippen LogP contribution in [0.15, 0.2) is 28.6 Å². The van der Waals surface area contributed by atoms with Crippen LogP contribution in [0.3, 0.4) is 0 Å². The van der Waals surface area contributed by atoms with Crippen LogP contribution >= 0.6 is 23.1 Å². The van der Waals surface area contributed by atoms with E-state index in [2.05, 4.69) is 23.2 Å². The van der Waals surface area contributed by atoms with E-state index in [0.717, 1.165) is 31.5 Å². The Morgan fingerprint density at radius 3 is 2.71 bits per heavy atom. The fourth-order valence-electron chi connectivity index (χ4n) is 2.38. The molecule has 0 amide bonds. The van der Waals surface area contributed by atoms with Crippen molar-refractivity contribution in [3.05, 3.63) is 40.5 Å². The number of hydrogen-bond donors (Lipinski definition) is 0. The maximum atomic E-state index is 12.6. The second-order valence-electron chi connectivity index (χ2n) is 4.83. The summed E-state index contributed by atoms with van der Waals surface area (Å²) in [6.07, 6.45) is 0. The van der Waals surface area contributed by atoms with Crippen molar-refractivity contribution >= 4 is 39.9 Å². The van der Waals surface area contributed by atoms with E-state index in [4.69, 9.17) is 0 Å². The van der Waals surface area contributed by atoms with E-state index in [0.29, 0.717) is 5.75 Å². The Morgan fingerprint density at radius 2 is 2.00 bits per heavy atom. The van der Waals surface area contributed by atoms with Crippen molar-refractivity contribution in [2.45, 2.75) is 25.1 Å². The third kappa shape index (κ3) is 2.61. The van der Waals surface area contributed by atoms with Gasteiger partial charge >= 0.3 is 0 Å². The van der Waals surface area contributed by atoms with Crippen molar-refractivity contribution in [2.24, 2.45) is 0 Å². The largest absolute Gasteiger partial charge is 0.284 e. The second kappa shape index (κ2) is 5.61. The molecule has 0 bridgehead atoms. The molecule has 1 aromatic carbocycles. The number of hydrogen-bond acceptors (Lipinski definition) is 5. The van der Waals surface area contributed by atoms with Crippen molar-refractivity contribution in [3.63, 3.8) is 0 Å². The van der Waals surface area contributed by atoms with E-state index in [-0.39, 0.29) is 5.91 Å². The first-order valence-electron chi connectivity index (χ1n) is 6.60. The molecule has 0 radical (unpaired) electrons. The van der Waals surface area contributed by atoms with Crippen LogP contribution in [0.25, 0.3) is 10.9 Å². The van der Waals surface area contributed by atoms with Gasteiger partial charge in [-0.1, -0.05) is 41.3 Å². The number of carbonyl (C=O) groups excluding carboxylic acids is 1. The molecule has 2 heterocycles. The molecule has 21 heavy (non-hydrogen) atoms. The fourth-order valence-corrected chi connectivity index (χ4v) is 4.04. The van der Waals surface area contributed by atoms with Crippen molar-refractivity contribution in [3.8, 4) is 0 Å². The molecule has 2 aromatic heterocycles. The summed E-state index contributed by atoms with van der Waals surface area (Å²) in [6, 6.07) is 8.02. The number of rotatable bonds is 3. The first kappa shape index (κ1) is 14.3. The Morgan fingerprint density at radius 1 is 1.24 bits per heavy atom. The van der Waals surface area contributed by atoms with Gasteiger partial charge in [-0.05, 0) is 32.4 Å². The van der Waals surface area contributed by atoms with Crippen LogP contribution in [0.1, 0.15) is 21.1 Å². The summed E-state index contributed by atoms with van der Waals surface area (Å²) in [5, 5.41) is 10.1. The smallest absolute Gasteiger partial charge is 0.241 e. The van der Waals surface area contributed by atoms with Crippen LogP contribution in [0.4, 0.5) is 0 Å². The van der Waals surface area contributed by atoms with E-state index in [1.807, 2.05) is 36.6 Å². The lowest BCUT2D eigenvalue weighted by atomic mass is 10.2. The molecule has 6 heteroatoms. The predicted octanol–water partition coefficient (Wildman–Crippen LogP) is 3.85. The predicted molar refractivity (Wildman–Crippen MR) is 87.4 cm³/mol. The molecular formula is C15H15N3OS2. The van der Waals surface area contributed by atoms with E-state index >= 15 is 0 Å². The van der Waals surface area contributed by atoms with Crippen LogP contribution in [-0.4, -0.2) is 26.4 Å². The number of benzene rings is 1. The first-order valence-corrected chi connectivity index (χ1v) is 8.41. The van der Waals surface area contributed by atoms with E-state index in [1.165, 1.54) is 23.1 Å². The standard InChI is InChI=1S/C15H15N3OS2/c1-9-10(2)18(13-7-5-4-6-12(9)13)14(19)8-20-15-17-16-11(3)21-15/h4-7H,8H2,1-3H3. The molecule has 0 unspecified atom stereocenters. The number of fused-ring (bicyclic) bond motifs is 1. The minimum absolute atomic E-state index is 0.0784. The zero-order chi connectivity index (χ0) is 15.0. The topological polar surface area (TPSA) is 47.8 Å². The maximum absolute atomic E-state index is 12.6. The highest BCUT2D eigenvalue weighted by Crippen LogP contribution is 2.27. The molecule has 0 aliphatic rings. The van der Waals surface area contributed by atoms with E-state index < -0.39 is 0 Å². The number of aryl methyl sites for hydroxylation is 2. The molecule has 0 aliphatic carbocycles. The summed E-state index contributed by atoms with van der Waals surface area (Å²) in [5.41, 5.74) is 3.15. The SMILES string of the molecule is Cc1nnc(SCC(=O)n2c(C)c(C)c3ccccc32)s1. The molecule has 0 spiro atoms. The Bertz CT molecular complexity index is 820. The highest BCUT2D eigenvalue weighted by molar-refractivity contribution is 8.01. The molecule has 3 rings (SSSR count). The van der Waals surface area contributed by atoms with Gasteiger partial charge in [0.1, 0.15) is 5.01 Å². The number of thioether (sulfide) groups is 1. The quantitative estimate of drug-likeness (QED) is 0.688. The van der Waals surface area contributed by atoms with Gasteiger partial charge in [-0.3, -0.25) is 9.36 Å². The minimum atomic E-state index is 0.0784. The van der Waals surface area contributed by atoms with Crippen molar-refractivity contribution in [1.29, 1.82) is 0 Å². The monoisotopic (exact) mass is 317 g/mol. The lowest BCUT2D eigenvalue weighted by molar-refractivity contribution is 0.0945. The molecule has 0 N–H and O–H groups in total. The molecule has 3 aromatic rings. The minimum Gasteiger partial charge on any atom is -0.284 e. The average molecular weight is 317 g/mol. The summed E-state index contributed by atoms with van der Waals surface area (Å²) in [4.78, 5) is 12.6. The molecular weight excluding hydrogens is 302 g/mol. The van der Waals surface area contributed by atoms with Gasteiger partial charge in [0.2, 0.25) is 5.91 Å². The van der Waals surface area contributed by atoms with Gasteiger partial charge in [0.05, 0.1) is 11.3 Å². The van der Waals surface area contributed by atoms with Gasteiger partial charge in [-0.2, -0.15) is 0 Å². The molecule has 0 atom stereocenters. The highest BCUT2D eigenvalue weighted by atomic mass is 32.2. The normalized spacial score (nSPS) is 11.2. The Kier molecular flexibility index (Phi) is 3.82. The number of nitrogens with zero attached hydrogens (tertiary/aromatic N) is 3. The lowest BCUT2D eigenvalue weighted by Gasteiger charge is -2.05. The van der Waals surface area contributed by atoms with Crippen LogP contribution in [-0.2, 0) is 0 Å². The Hall–Kier alpha value is -1.66. The van der Waals surface area contributed by atoms with Crippen LogP contribution in [0, 0.1) is 20.8 Å². The average Bonchev–Trinajstić information content (AvgIpc) is 3.00. The summed E-state index contributed by atoms with van der Waals surface area (Å²) in [5.74, 6) is 0.447. The van der Waals surface area contributed by atoms with Gasteiger partial charge in [0.15, 0.2) is 4.34 Å². The van der Waals surface area contributed by atoms with Crippen molar-refractivity contribution < 1.29 is 4.79 Å². The Labute approximate surface area is 131 Å². The maximum Gasteiger partial charge on any atom is 0.241 e. The number of aromatic nitrogens is 3. The van der Waals surface area contributed by atoms with Gasteiger partial charge in [0, 0.05) is 11.1 Å². The molecule has 0 fully saturated rings. The fraction of sp³-hybridized carbons (Fsp3) is 0.267. The number of carbonyl (C=O) groups is 1. The van der Waals surface area contributed by atoms with Gasteiger partial charge in [0.25, 0.3) is 0 Å². The summed E-state index contributed by atoms with van der Waals surface area (Å²) >= 11 is 2.96. The summed E-state index contributed by atoms with van der Waals surface area (Å²) < 4.78 is 2.65. The summed E-state index contributed by atoms with van der Waals surface area (Å²) in [7, 11) is 0. The molecule has 0 saturated carbocycles. The highest BCUT2D eigenvalue weighted by Gasteiger charge is 2.16. The zero-order valence-electron chi connectivity index (χ0n) is 12.1. The second-order valence-corrected chi connectivity index (χ2v) is 7.24.